The van der Waals surface area contributed by atoms with Crippen molar-refractivity contribution in [2.75, 3.05) is 12.1 Å². The van der Waals surface area contributed by atoms with Crippen molar-refractivity contribution in [3.63, 3.8) is 0 Å². The van der Waals surface area contributed by atoms with Gasteiger partial charge in [-0.25, -0.2) is 4.98 Å². The summed E-state index contributed by atoms with van der Waals surface area (Å²) in [7, 11) is 0. The molecule has 8 heteroatoms. The largest absolute Gasteiger partial charge is 0.457 e. The van der Waals surface area contributed by atoms with Crippen LogP contribution >= 0.6 is 22.7 Å². The standard InChI is InChI=1S/C33H24N2O4S2/c1-20-29(18-21-15-16-26-27(17-21)38-19-37-26)41-33(30(20)32-34-24-12-6-8-14-28(24)40-32)35-31(36)23-11-5-7-13-25(23)39-22-9-3-2-4-10-22/h2-17H,18-19H2,1H3,(H,35,36). The minimum absolute atomic E-state index is 0.240. The number of carbonyl (C=O) groups excluding carboxylic acids is 1. The van der Waals surface area contributed by atoms with Gasteiger partial charge in [-0.2, -0.15) is 0 Å². The van der Waals surface area contributed by atoms with Crippen LogP contribution in [0.4, 0.5) is 5.00 Å². The molecule has 2 aromatic heterocycles. The molecule has 0 spiro atoms. The maximum atomic E-state index is 13.8. The Balaban J connectivity index is 1.26. The Kier molecular flexibility index (Phi) is 6.62. The highest BCUT2D eigenvalue weighted by molar-refractivity contribution is 7.23. The van der Waals surface area contributed by atoms with Crippen LogP contribution in [0, 0.1) is 6.92 Å². The summed E-state index contributed by atoms with van der Waals surface area (Å²) in [6.45, 7) is 2.34. The van der Waals surface area contributed by atoms with Crippen molar-refractivity contribution in [1.82, 2.24) is 4.98 Å². The van der Waals surface area contributed by atoms with E-state index >= 15 is 0 Å². The molecule has 202 valence electrons. The number of hydrogen-bond donors (Lipinski definition) is 1. The zero-order chi connectivity index (χ0) is 27.8. The Morgan fingerprint density at radius 1 is 0.902 bits per heavy atom. The fourth-order valence-corrected chi connectivity index (χ4v) is 7.19. The number of aromatic nitrogens is 1. The second-order valence-electron chi connectivity index (χ2n) is 9.57. The molecule has 0 fully saturated rings. The average molecular weight is 577 g/mol. The summed E-state index contributed by atoms with van der Waals surface area (Å²) in [5.41, 5.74) is 4.54. The molecule has 6 aromatic rings. The maximum absolute atomic E-state index is 13.8. The third-order valence-electron chi connectivity index (χ3n) is 6.88. The molecule has 6 nitrogen and oxygen atoms in total. The topological polar surface area (TPSA) is 69.7 Å². The first kappa shape index (κ1) is 25.3. The molecule has 0 bridgehead atoms. The van der Waals surface area contributed by atoms with Crippen LogP contribution in [-0.4, -0.2) is 17.7 Å². The predicted molar refractivity (Wildman–Crippen MR) is 164 cm³/mol. The molecule has 7 rings (SSSR count). The molecule has 0 atom stereocenters. The lowest BCUT2D eigenvalue weighted by atomic mass is 10.1. The zero-order valence-electron chi connectivity index (χ0n) is 22.0. The van der Waals surface area contributed by atoms with Gasteiger partial charge in [-0.05, 0) is 66.6 Å². The summed E-state index contributed by atoms with van der Waals surface area (Å²) in [6, 6.07) is 30.9. The summed E-state index contributed by atoms with van der Waals surface area (Å²) in [5, 5.41) is 4.84. The lowest BCUT2D eigenvalue weighted by molar-refractivity contribution is 0.102. The van der Waals surface area contributed by atoms with Gasteiger partial charge >= 0.3 is 0 Å². The number of ether oxygens (including phenoxy) is 3. The van der Waals surface area contributed by atoms with Crippen LogP contribution in [-0.2, 0) is 6.42 Å². The number of rotatable bonds is 7. The van der Waals surface area contributed by atoms with Gasteiger partial charge in [-0.15, -0.1) is 22.7 Å². The fraction of sp³-hybridized carbons (Fsp3) is 0.0909. The van der Waals surface area contributed by atoms with Crippen molar-refractivity contribution in [3.8, 4) is 33.6 Å². The highest BCUT2D eigenvalue weighted by Crippen LogP contribution is 2.45. The van der Waals surface area contributed by atoms with E-state index in [1.165, 1.54) is 0 Å². The Bertz CT molecular complexity index is 1860. The SMILES string of the molecule is Cc1c(Cc2ccc3c(c2)OCO3)sc(NC(=O)c2ccccc2Oc2ccccc2)c1-c1nc2ccccc2s1. The minimum Gasteiger partial charge on any atom is -0.457 e. The highest BCUT2D eigenvalue weighted by Gasteiger charge is 2.24. The fourth-order valence-electron chi connectivity index (χ4n) is 4.82. The number of nitrogens with zero attached hydrogens (tertiary/aromatic N) is 1. The number of fused-ring (bicyclic) bond motifs is 2. The van der Waals surface area contributed by atoms with Gasteiger partial charge in [-0.3, -0.25) is 4.79 Å². The zero-order valence-corrected chi connectivity index (χ0v) is 23.7. The average Bonchev–Trinajstić information content (AvgIpc) is 3.71. The van der Waals surface area contributed by atoms with E-state index in [-0.39, 0.29) is 12.7 Å². The van der Waals surface area contributed by atoms with E-state index in [4.69, 9.17) is 19.2 Å². The van der Waals surface area contributed by atoms with E-state index in [1.807, 2.05) is 72.8 Å². The molecule has 0 aliphatic carbocycles. The second kappa shape index (κ2) is 10.7. The van der Waals surface area contributed by atoms with Crippen LogP contribution in [0.2, 0.25) is 0 Å². The first-order chi connectivity index (χ1) is 20.1. The Morgan fingerprint density at radius 2 is 1.68 bits per heavy atom. The maximum Gasteiger partial charge on any atom is 0.260 e. The van der Waals surface area contributed by atoms with Crippen molar-refractivity contribution >= 4 is 43.8 Å². The highest BCUT2D eigenvalue weighted by atomic mass is 32.1. The van der Waals surface area contributed by atoms with Gasteiger partial charge in [0.15, 0.2) is 11.5 Å². The van der Waals surface area contributed by atoms with Gasteiger partial charge in [0.05, 0.1) is 15.8 Å². The summed E-state index contributed by atoms with van der Waals surface area (Å²) in [6.07, 6.45) is 0.689. The van der Waals surface area contributed by atoms with E-state index in [9.17, 15) is 4.79 Å². The van der Waals surface area contributed by atoms with E-state index in [0.29, 0.717) is 23.5 Å². The van der Waals surface area contributed by atoms with Gasteiger partial charge in [0.2, 0.25) is 6.79 Å². The lowest BCUT2D eigenvalue weighted by Crippen LogP contribution is -2.12. The quantitative estimate of drug-likeness (QED) is 0.206. The number of amides is 1. The van der Waals surface area contributed by atoms with E-state index in [1.54, 1.807) is 34.8 Å². The van der Waals surface area contributed by atoms with Crippen molar-refractivity contribution in [1.29, 1.82) is 0 Å². The van der Waals surface area contributed by atoms with Crippen LogP contribution in [0.15, 0.2) is 97.1 Å². The number of nitrogens with one attached hydrogen (secondary N) is 1. The molecule has 41 heavy (non-hydrogen) atoms. The molecule has 0 saturated carbocycles. The molecule has 3 heterocycles. The Hall–Kier alpha value is -4.66. The molecule has 4 aromatic carbocycles. The normalized spacial score (nSPS) is 12.0. The molecular formula is C33H24N2O4S2. The van der Waals surface area contributed by atoms with Crippen molar-refractivity contribution in [2.24, 2.45) is 0 Å². The van der Waals surface area contributed by atoms with Crippen molar-refractivity contribution in [3.05, 3.63) is 119 Å². The number of benzene rings is 4. The number of para-hydroxylation sites is 3. The number of anilines is 1. The van der Waals surface area contributed by atoms with E-state index in [2.05, 4.69) is 24.4 Å². The molecular weight excluding hydrogens is 553 g/mol. The predicted octanol–water partition coefficient (Wildman–Crippen LogP) is 8.70. The van der Waals surface area contributed by atoms with Crippen molar-refractivity contribution in [2.45, 2.75) is 13.3 Å². The Labute approximate surface area is 244 Å². The summed E-state index contributed by atoms with van der Waals surface area (Å²) in [5.74, 6) is 2.44. The third kappa shape index (κ3) is 5.03. The van der Waals surface area contributed by atoms with Gasteiger partial charge in [0, 0.05) is 16.9 Å². The molecule has 1 N–H and O–H groups in total. The molecule has 1 aliphatic heterocycles. The minimum atomic E-state index is -0.241. The van der Waals surface area contributed by atoms with E-state index in [0.717, 1.165) is 53.3 Å². The number of thiophene rings is 1. The van der Waals surface area contributed by atoms with Gasteiger partial charge in [0.1, 0.15) is 21.5 Å². The van der Waals surface area contributed by atoms with Gasteiger partial charge < -0.3 is 19.5 Å². The summed E-state index contributed by atoms with van der Waals surface area (Å²) in [4.78, 5) is 19.8. The van der Waals surface area contributed by atoms with Crippen LogP contribution < -0.4 is 19.5 Å². The molecule has 0 unspecified atom stereocenters. The van der Waals surface area contributed by atoms with E-state index < -0.39 is 0 Å². The number of carbonyl (C=O) groups is 1. The van der Waals surface area contributed by atoms with Crippen LogP contribution in [0.3, 0.4) is 0 Å². The second-order valence-corrected chi connectivity index (χ2v) is 11.7. The van der Waals surface area contributed by atoms with Gasteiger partial charge in [-0.1, -0.05) is 48.5 Å². The smallest absolute Gasteiger partial charge is 0.260 e. The molecule has 0 radical (unpaired) electrons. The van der Waals surface area contributed by atoms with Crippen LogP contribution in [0.5, 0.6) is 23.0 Å². The molecule has 0 saturated heterocycles. The first-order valence-corrected chi connectivity index (χ1v) is 14.8. The monoisotopic (exact) mass is 576 g/mol. The summed E-state index contributed by atoms with van der Waals surface area (Å²) >= 11 is 3.20. The van der Waals surface area contributed by atoms with Crippen molar-refractivity contribution < 1.29 is 19.0 Å². The number of hydrogen-bond acceptors (Lipinski definition) is 7. The van der Waals surface area contributed by atoms with Crippen LogP contribution in [0.1, 0.15) is 26.4 Å². The molecule has 1 amide bonds. The number of thiazole rings is 1. The first-order valence-electron chi connectivity index (χ1n) is 13.1. The molecule has 1 aliphatic rings. The third-order valence-corrected chi connectivity index (χ3v) is 9.15. The van der Waals surface area contributed by atoms with Crippen LogP contribution in [0.25, 0.3) is 20.8 Å². The summed E-state index contributed by atoms with van der Waals surface area (Å²) < 4.78 is 18.3. The Morgan fingerprint density at radius 3 is 2.56 bits per heavy atom. The lowest BCUT2D eigenvalue weighted by Gasteiger charge is -2.11. The van der Waals surface area contributed by atoms with Gasteiger partial charge in [0.25, 0.3) is 5.91 Å².